The molecule has 8 heteroatoms. The van der Waals surface area contributed by atoms with Crippen molar-refractivity contribution in [3.63, 3.8) is 0 Å². The van der Waals surface area contributed by atoms with Crippen LogP contribution in [0.5, 0.6) is 5.88 Å². The van der Waals surface area contributed by atoms with Crippen LogP contribution in [0.3, 0.4) is 0 Å². The van der Waals surface area contributed by atoms with E-state index in [4.69, 9.17) is 14.6 Å². The summed E-state index contributed by atoms with van der Waals surface area (Å²) in [5, 5.41) is 14.0. The van der Waals surface area contributed by atoms with Gasteiger partial charge in [0.15, 0.2) is 6.23 Å². The van der Waals surface area contributed by atoms with Crippen LogP contribution in [0.15, 0.2) is 24.4 Å². The molecule has 2 aromatic heterocycles. The molecule has 0 spiro atoms. The van der Waals surface area contributed by atoms with E-state index in [2.05, 4.69) is 100 Å². The van der Waals surface area contributed by atoms with Gasteiger partial charge in [-0.25, -0.2) is 9.36 Å². The molecule has 0 bridgehead atoms. The number of rotatable bonds is 10. The maximum Gasteiger partial charge on any atom is 0.220 e. The second kappa shape index (κ2) is 12.9. The second-order valence-electron chi connectivity index (χ2n) is 12.2. The van der Waals surface area contributed by atoms with E-state index in [0.717, 1.165) is 72.6 Å². The molecule has 40 heavy (non-hydrogen) atoms. The number of aromatic nitrogens is 4. The Balaban J connectivity index is 1.88. The summed E-state index contributed by atoms with van der Waals surface area (Å²) in [6.45, 7) is 20.6. The maximum atomic E-state index is 6.39. The van der Waals surface area contributed by atoms with Crippen molar-refractivity contribution in [1.29, 1.82) is 0 Å². The lowest BCUT2D eigenvalue weighted by molar-refractivity contribution is -0.0367. The number of hydrogen-bond donors (Lipinski definition) is 1. The zero-order valence-electron chi connectivity index (χ0n) is 26.0. The van der Waals surface area contributed by atoms with Crippen LogP contribution in [0.2, 0.25) is 16.6 Å². The number of nitrogens with zero attached hydrogens (tertiary/aromatic N) is 4. The number of aryl methyl sites for hydroxylation is 1. The Morgan fingerprint density at radius 2 is 1.82 bits per heavy atom. The Kier molecular flexibility index (Phi) is 9.81. The van der Waals surface area contributed by atoms with Gasteiger partial charge in [0.2, 0.25) is 5.88 Å². The first-order valence-electron chi connectivity index (χ1n) is 15.2. The summed E-state index contributed by atoms with van der Waals surface area (Å²) in [4.78, 5) is 0. The lowest BCUT2D eigenvalue weighted by atomic mass is 10.1. The van der Waals surface area contributed by atoms with Crippen molar-refractivity contribution in [1.82, 2.24) is 24.9 Å². The van der Waals surface area contributed by atoms with E-state index in [0.29, 0.717) is 16.6 Å². The highest BCUT2D eigenvalue weighted by Crippen LogP contribution is 2.41. The van der Waals surface area contributed by atoms with Gasteiger partial charge in [-0.2, -0.15) is 10.2 Å². The molecule has 1 aliphatic rings. The van der Waals surface area contributed by atoms with Crippen LogP contribution in [0.25, 0.3) is 22.0 Å². The van der Waals surface area contributed by atoms with Crippen molar-refractivity contribution >= 4 is 19.0 Å². The molecule has 3 heterocycles. The highest BCUT2D eigenvalue weighted by Gasteiger charge is 2.41. The van der Waals surface area contributed by atoms with Crippen molar-refractivity contribution in [3.8, 4) is 28.5 Å². The van der Waals surface area contributed by atoms with Crippen molar-refractivity contribution in [2.45, 2.75) is 110 Å². The summed E-state index contributed by atoms with van der Waals surface area (Å²) in [6, 6.07) is 6.55. The van der Waals surface area contributed by atoms with Gasteiger partial charge in [-0.1, -0.05) is 53.5 Å². The third kappa shape index (κ3) is 5.88. The first kappa shape index (κ1) is 30.4. The van der Waals surface area contributed by atoms with Crippen LogP contribution in [0.4, 0.5) is 0 Å². The number of likely N-dealkylation sites (N-methyl/N-ethyl adjacent to an activating group) is 1. The fourth-order valence-corrected chi connectivity index (χ4v) is 11.8. The normalized spacial score (nSPS) is 17.1. The Hall–Kier alpha value is -2.60. The van der Waals surface area contributed by atoms with Gasteiger partial charge in [0.1, 0.15) is 19.9 Å². The van der Waals surface area contributed by atoms with Gasteiger partial charge in [-0.05, 0) is 74.5 Å². The van der Waals surface area contributed by atoms with Gasteiger partial charge >= 0.3 is 0 Å². The first-order chi connectivity index (χ1) is 19.1. The number of hydrogen-bond acceptors (Lipinski definition) is 5. The molecule has 1 aliphatic heterocycles. The quantitative estimate of drug-likeness (QED) is 0.209. The van der Waals surface area contributed by atoms with E-state index in [1.165, 1.54) is 0 Å². The van der Waals surface area contributed by atoms with Crippen LogP contribution in [0.1, 0.15) is 86.6 Å². The summed E-state index contributed by atoms with van der Waals surface area (Å²) in [5.74, 6) is 4.45. The topological polar surface area (TPSA) is 66.1 Å². The van der Waals surface area contributed by atoms with Gasteiger partial charge < -0.3 is 14.8 Å². The molecule has 0 amide bonds. The molecule has 2 unspecified atom stereocenters. The van der Waals surface area contributed by atoms with Crippen LogP contribution < -0.4 is 10.1 Å². The molecule has 3 aromatic rings. The van der Waals surface area contributed by atoms with Gasteiger partial charge in [0.05, 0.1) is 17.3 Å². The highest BCUT2D eigenvalue weighted by molar-refractivity contribution is 6.90. The lowest BCUT2D eigenvalue weighted by Crippen LogP contribution is -2.43. The van der Waals surface area contributed by atoms with Crippen LogP contribution in [0, 0.1) is 11.5 Å². The third-order valence-electron chi connectivity index (χ3n) is 8.60. The Labute approximate surface area is 242 Å². The fraction of sp³-hybridized carbons (Fsp3) is 0.625. The minimum Gasteiger partial charge on any atom is -0.473 e. The zero-order valence-corrected chi connectivity index (χ0v) is 27.0. The minimum atomic E-state index is -1.92. The molecule has 4 rings (SSSR count). The smallest absolute Gasteiger partial charge is 0.220 e. The van der Waals surface area contributed by atoms with Crippen molar-refractivity contribution in [2.75, 3.05) is 20.2 Å². The molecule has 0 radical (unpaired) electrons. The summed E-state index contributed by atoms with van der Waals surface area (Å²) < 4.78 is 16.6. The zero-order chi connectivity index (χ0) is 29.0. The van der Waals surface area contributed by atoms with Gasteiger partial charge in [-0.3, -0.25) is 0 Å². The Bertz CT molecular complexity index is 1320. The largest absolute Gasteiger partial charge is 0.473 e. The fourth-order valence-electron chi connectivity index (χ4n) is 6.58. The van der Waals surface area contributed by atoms with Crippen LogP contribution in [-0.2, 0) is 11.3 Å². The van der Waals surface area contributed by atoms with E-state index >= 15 is 0 Å². The summed E-state index contributed by atoms with van der Waals surface area (Å²) in [5.41, 5.74) is 9.55. The summed E-state index contributed by atoms with van der Waals surface area (Å²) >= 11 is 0. The molecule has 1 fully saturated rings. The third-order valence-corrected chi connectivity index (χ3v) is 14.9. The SMILES string of the molecule is CCn1ncc(-c2ccc3c(c2)c(C#C[Si](C(C)C)(C(C)C)C(C)C)nn3C2CCCCO2)c1OC(C)CNC. The molecule has 218 valence electrons. The van der Waals surface area contributed by atoms with Crippen LogP contribution in [-0.4, -0.2) is 53.9 Å². The summed E-state index contributed by atoms with van der Waals surface area (Å²) in [6.07, 6.45) is 5.11. The van der Waals surface area contributed by atoms with Crippen molar-refractivity contribution in [3.05, 3.63) is 30.1 Å². The van der Waals surface area contributed by atoms with E-state index in [1.807, 2.05) is 17.9 Å². The first-order valence-corrected chi connectivity index (χ1v) is 17.4. The van der Waals surface area contributed by atoms with Crippen LogP contribution >= 0.6 is 0 Å². The molecule has 1 saturated heterocycles. The van der Waals surface area contributed by atoms with E-state index in [9.17, 15) is 0 Å². The summed E-state index contributed by atoms with van der Waals surface area (Å²) in [7, 11) is 0.0186. The Morgan fingerprint density at radius 1 is 1.10 bits per heavy atom. The number of ether oxygens (including phenoxy) is 2. The predicted octanol–water partition coefficient (Wildman–Crippen LogP) is 7.18. The number of nitrogens with one attached hydrogen (secondary N) is 1. The molecule has 0 saturated carbocycles. The monoisotopic (exact) mass is 563 g/mol. The van der Waals surface area contributed by atoms with Gasteiger partial charge in [0, 0.05) is 25.1 Å². The lowest BCUT2D eigenvalue weighted by Gasteiger charge is -2.38. The van der Waals surface area contributed by atoms with E-state index < -0.39 is 8.07 Å². The second-order valence-corrected chi connectivity index (χ2v) is 17.7. The number of fused-ring (bicyclic) bond motifs is 1. The molecular formula is C32H49N5O2Si. The van der Waals surface area contributed by atoms with E-state index in [1.54, 1.807) is 0 Å². The van der Waals surface area contributed by atoms with Gasteiger partial charge in [-0.15, -0.1) is 5.54 Å². The molecule has 1 N–H and O–H groups in total. The average Bonchev–Trinajstić information content (AvgIpc) is 3.49. The molecule has 7 nitrogen and oxygen atoms in total. The van der Waals surface area contributed by atoms with E-state index in [-0.39, 0.29) is 12.3 Å². The van der Waals surface area contributed by atoms with Crippen molar-refractivity contribution < 1.29 is 9.47 Å². The molecule has 0 aliphatic carbocycles. The average molecular weight is 564 g/mol. The Morgan fingerprint density at radius 3 is 2.42 bits per heavy atom. The predicted molar refractivity (Wildman–Crippen MR) is 167 cm³/mol. The van der Waals surface area contributed by atoms with Gasteiger partial charge in [0.25, 0.3) is 0 Å². The van der Waals surface area contributed by atoms with Crippen molar-refractivity contribution in [2.24, 2.45) is 0 Å². The standard InChI is InChI=1S/C32H49N5O2Si/c1-10-36-32(39-25(8)20-33-9)28(21-34-36)26-14-15-30-27(19-26)29(35-37(30)31-13-11-12-17-38-31)16-18-40(22(2)3,23(4)5)24(6)7/h14-15,19,21-25,31,33H,10-13,17,20H2,1-9H3. The molecular weight excluding hydrogens is 514 g/mol. The molecule has 2 atom stereocenters. The number of benzene rings is 1. The molecule has 1 aromatic carbocycles. The minimum absolute atomic E-state index is 0.0169. The maximum absolute atomic E-state index is 6.39. The highest BCUT2D eigenvalue weighted by atomic mass is 28.3.